The van der Waals surface area contributed by atoms with Crippen molar-refractivity contribution >= 4 is 33.4 Å². The van der Waals surface area contributed by atoms with Crippen molar-refractivity contribution in [3.63, 3.8) is 0 Å². The van der Waals surface area contributed by atoms with Crippen LogP contribution in [0, 0.1) is 15.9 Å². The third-order valence-electron chi connectivity index (χ3n) is 3.81. The summed E-state index contributed by atoms with van der Waals surface area (Å²) in [5, 5.41) is 11.3. The molecule has 1 aliphatic rings. The van der Waals surface area contributed by atoms with Crippen molar-refractivity contribution in [3.8, 4) is 0 Å². The van der Waals surface area contributed by atoms with Crippen LogP contribution in [0.4, 0.5) is 20.6 Å². The third kappa shape index (κ3) is 4.59. The maximum Gasteiger partial charge on any atom is 0.410 e. The van der Waals surface area contributed by atoms with E-state index in [2.05, 4.69) is 15.9 Å². The van der Waals surface area contributed by atoms with E-state index in [0.29, 0.717) is 19.6 Å². The number of halogens is 2. The van der Waals surface area contributed by atoms with Crippen molar-refractivity contribution in [1.29, 1.82) is 0 Å². The molecule has 1 amide bonds. The normalized spacial score (nSPS) is 18.2. The van der Waals surface area contributed by atoms with Crippen LogP contribution in [0.1, 0.15) is 27.7 Å². The van der Waals surface area contributed by atoms with Gasteiger partial charge >= 0.3 is 6.09 Å². The summed E-state index contributed by atoms with van der Waals surface area (Å²) in [5.41, 5.74) is -0.561. The average Bonchev–Trinajstić information content (AvgIpc) is 2.47. The van der Waals surface area contributed by atoms with Gasteiger partial charge in [-0.1, -0.05) is 0 Å². The first kappa shape index (κ1) is 19.4. The molecule has 0 unspecified atom stereocenters. The molecule has 7 nitrogen and oxygen atoms in total. The molecule has 0 N–H and O–H groups in total. The predicted molar refractivity (Wildman–Crippen MR) is 95.4 cm³/mol. The largest absolute Gasteiger partial charge is 0.444 e. The molecule has 0 saturated carbocycles. The number of piperazine rings is 1. The molecule has 1 saturated heterocycles. The Morgan fingerprint density at radius 1 is 1.40 bits per heavy atom. The monoisotopic (exact) mass is 417 g/mol. The minimum absolute atomic E-state index is 0.0448. The fraction of sp³-hybridized carbons (Fsp3) is 0.562. The number of ether oxygens (including phenoxy) is 1. The quantitative estimate of drug-likeness (QED) is 0.537. The number of carbonyl (C=O) groups is 1. The van der Waals surface area contributed by atoms with Gasteiger partial charge in [0.25, 0.3) is 5.69 Å². The number of nitro benzene ring substituents is 1. The van der Waals surface area contributed by atoms with Gasteiger partial charge in [-0.2, -0.15) is 0 Å². The van der Waals surface area contributed by atoms with Gasteiger partial charge in [-0.3, -0.25) is 10.1 Å². The Morgan fingerprint density at radius 3 is 2.56 bits per heavy atom. The number of anilines is 1. The molecule has 1 fully saturated rings. The molecule has 1 atom stereocenters. The molecule has 0 aliphatic carbocycles. The van der Waals surface area contributed by atoms with Gasteiger partial charge in [-0.05, 0) is 43.6 Å². The zero-order valence-corrected chi connectivity index (χ0v) is 16.2. The van der Waals surface area contributed by atoms with Crippen molar-refractivity contribution in [2.45, 2.75) is 39.3 Å². The van der Waals surface area contributed by atoms with E-state index in [1.54, 1.807) is 30.6 Å². The second-order valence-electron chi connectivity index (χ2n) is 6.98. The lowest BCUT2D eigenvalue weighted by molar-refractivity contribution is -0.384. The highest BCUT2D eigenvalue weighted by Gasteiger charge is 2.33. The van der Waals surface area contributed by atoms with Gasteiger partial charge in [0.15, 0.2) is 0 Å². The standard InChI is InChI=1S/C16H21BrFN3O4/c1-10-9-19(5-6-20(10)15(22)25-16(2,3)4)13-8-12(18)11(17)7-14(13)21(23)24/h7-8,10H,5-6,9H2,1-4H3/t10-/m0/s1. The van der Waals surface area contributed by atoms with Crippen molar-refractivity contribution in [2.75, 3.05) is 24.5 Å². The maximum absolute atomic E-state index is 13.9. The minimum atomic E-state index is -0.596. The van der Waals surface area contributed by atoms with E-state index in [1.807, 2.05) is 6.92 Å². The van der Waals surface area contributed by atoms with Crippen molar-refractivity contribution in [2.24, 2.45) is 0 Å². The van der Waals surface area contributed by atoms with Crippen LogP contribution >= 0.6 is 15.9 Å². The fourth-order valence-electron chi connectivity index (χ4n) is 2.69. The Morgan fingerprint density at radius 2 is 2.04 bits per heavy atom. The van der Waals surface area contributed by atoms with Crippen LogP contribution in [0.3, 0.4) is 0 Å². The molecule has 0 aromatic heterocycles. The number of benzene rings is 1. The highest BCUT2D eigenvalue weighted by molar-refractivity contribution is 9.10. The molecule has 1 aliphatic heterocycles. The first-order valence-electron chi connectivity index (χ1n) is 7.87. The van der Waals surface area contributed by atoms with Gasteiger partial charge in [0.1, 0.15) is 17.1 Å². The molecule has 1 heterocycles. The summed E-state index contributed by atoms with van der Waals surface area (Å²) in [6.45, 7) is 8.24. The zero-order valence-electron chi connectivity index (χ0n) is 14.6. The lowest BCUT2D eigenvalue weighted by atomic mass is 10.1. The van der Waals surface area contributed by atoms with Crippen molar-refractivity contribution < 1.29 is 18.8 Å². The van der Waals surface area contributed by atoms with E-state index in [0.717, 1.165) is 12.1 Å². The van der Waals surface area contributed by atoms with Crippen LogP contribution in [-0.4, -0.2) is 47.2 Å². The van der Waals surface area contributed by atoms with Crippen LogP contribution in [0.5, 0.6) is 0 Å². The molecular weight excluding hydrogens is 397 g/mol. The van der Waals surface area contributed by atoms with Crippen LogP contribution in [0.2, 0.25) is 0 Å². The second kappa shape index (κ2) is 7.15. The zero-order chi connectivity index (χ0) is 18.9. The Kier molecular flexibility index (Phi) is 5.55. The lowest BCUT2D eigenvalue weighted by Gasteiger charge is -2.41. The van der Waals surface area contributed by atoms with Gasteiger partial charge in [0.2, 0.25) is 0 Å². The van der Waals surface area contributed by atoms with Crippen LogP contribution in [0.15, 0.2) is 16.6 Å². The Labute approximate surface area is 154 Å². The minimum Gasteiger partial charge on any atom is -0.444 e. The summed E-state index contributed by atoms with van der Waals surface area (Å²) in [4.78, 5) is 26.3. The molecule has 138 valence electrons. The molecule has 1 aromatic rings. The third-order valence-corrected chi connectivity index (χ3v) is 4.42. The highest BCUT2D eigenvalue weighted by Crippen LogP contribution is 2.34. The van der Waals surface area contributed by atoms with Gasteiger partial charge in [-0.15, -0.1) is 0 Å². The molecule has 0 radical (unpaired) electrons. The Hall–Kier alpha value is -1.90. The number of rotatable bonds is 2. The van der Waals surface area contributed by atoms with E-state index in [-0.39, 0.29) is 21.9 Å². The SMILES string of the molecule is C[C@H]1CN(c2cc(F)c(Br)cc2[N+](=O)[O-])CCN1C(=O)OC(C)(C)C. The molecule has 0 spiro atoms. The topological polar surface area (TPSA) is 75.9 Å². The number of hydrogen-bond donors (Lipinski definition) is 0. The summed E-state index contributed by atoms with van der Waals surface area (Å²) >= 11 is 2.97. The molecular formula is C16H21BrFN3O4. The maximum atomic E-state index is 13.9. The van der Waals surface area contributed by atoms with E-state index >= 15 is 0 Å². The Balaban J connectivity index is 2.20. The average molecular weight is 418 g/mol. The first-order valence-corrected chi connectivity index (χ1v) is 8.67. The smallest absolute Gasteiger partial charge is 0.410 e. The molecule has 25 heavy (non-hydrogen) atoms. The number of amides is 1. The number of nitro groups is 1. The van der Waals surface area contributed by atoms with Gasteiger partial charge in [0, 0.05) is 37.8 Å². The second-order valence-corrected chi connectivity index (χ2v) is 7.84. The van der Waals surface area contributed by atoms with E-state index in [1.165, 1.54) is 0 Å². The van der Waals surface area contributed by atoms with E-state index in [4.69, 9.17) is 4.74 Å². The Bertz CT molecular complexity index is 693. The first-order chi connectivity index (χ1) is 11.5. The highest BCUT2D eigenvalue weighted by atomic mass is 79.9. The number of carbonyl (C=O) groups excluding carboxylic acids is 1. The number of hydrogen-bond acceptors (Lipinski definition) is 5. The van der Waals surface area contributed by atoms with Crippen molar-refractivity contribution in [1.82, 2.24) is 4.90 Å². The van der Waals surface area contributed by atoms with Gasteiger partial charge in [-0.25, -0.2) is 9.18 Å². The lowest BCUT2D eigenvalue weighted by Crippen LogP contribution is -2.55. The molecule has 1 aromatic carbocycles. The predicted octanol–water partition coefficient (Wildman–Crippen LogP) is 3.94. The summed E-state index contributed by atoms with van der Waals surface area (Å²) in [5.74, 6) is -0.567. The fourth-order valence-corrected chi connectivity index (χ4v) is 3.02. The van der Waals surface area contributed by atoms with Crippen LogP contribution in [0.25, 0.3) is 0 Å². The summed E-state index contributed by atoms with van der Waals surface area (Å²) in [6.07, 6.45) is -0.420. The summed E-state index contributed by atoms with van der Waals surface area (Å²) < 4.78 is 19.3. The van der Waals surface area contributed by atoms with Crippen LogP contribution in [-0.2, 0) is 4.74 Å². The molecule has 9 heteroatoms. The number of nitrogens with zero attached hydrogens (tertiary/aromatic N) is 3. The van der Waals surface area contributed by atoms with Crippen molar-refractivity contribution in [3.05, 3.63) is 32.5 Å². The summed E-state index contributed by atoms with van der Waals surface area (Å²) in [7, 11) is 0. The van der Waals surface area contributed by atoms with Gasteiger partial charge < -0.3 is 14.5 Å². The van der Waals surface area contributed by atoms with Gasteiger partial charge in [0.05, 0.1) is 9.40 Å². The molecule has 2 rings (SSSR count). The van der Waals surface area contributed by atoms with Crippen LogP contribution < -0.4 is 4.90 Å². The summed E-state index contributed by atoms with van der Waals surface area (Å²) in [6, 6.07) is 2.09. The van der Waals surface area contributed by atoms with E-state index in [9.17, 15) is 19.3 Å². The molecule has 0 bridgehead atoms. The van der Waals surface area contributed by atoms with E-state index < -0.39 is 22.4 Å².